The van der Waals surface area contributed by atoms with Crippen LogP contribution >= 0.6 is 0 Å². The van der Waals surface area contributed by atoms with Crippen LogP contribution in [0.5, 0.6) is 0 Å². The molecule has 0 aliphatic carbocycles. The molecule has 0 aliphatic heterocycles. The highest BCUT2D eigenvalue weighted by molar-refractivity contribution is 5.38. The van der Waals surface area contributed by atoms with Crippen molar-refractivity contribution in [3.63, 3.8) is 0 Å². The zero-order valence-corrected chi connectivity index (χ0v) is 9.84. The zero-order valence-electron chi connectivity index (χ0n) is 9.84. The summed E-state index contributed by atoms with van der Waals surface area (Å²) in [5.74, 6) is -1.11. The molecule has 0 heterocycles. The van der Waals surface area contributed by atoms with Gasteiger partial charge in [0, 0.05) is 11.6 Å². The van der Waals surface area contributed by atoms with E-state index in [2.05, 4.69) is 5.32 Å². The lowest BCUT2D eigenvalue weighted by atomic mass is 10.0. The van der Waals surface area contributed by atoms with Crippen molar-refractivity contribution >= 4 is 5.69 Å². The Morgan fingerprint density at radius 3 is 2.72 bits per heavy atom. The van der Waals surface area contributed by atoms with Gasteiger partial charge in [0.25, 0.3) is 0 Å². The fourth-order valence-corrected chi connectivity index (χ4v) is 1.56. The van der Waals surface area contributed by atoms with Crippen LogP contribution in [0.4, 0.5) is 10.1 Å². The van der Waals surface area contributed by atoms with Crippen LogP contribution < -0.4 is 5.32 Å². The van der Waals surface area contributed by atoms with E-state index in [1.807, 2.05) is 0 Å². The Balaban J connectivity index is 2.95. The second-order valence-corrected chi connectivity index (χ2v) is 3.84. The number of hydrogen-bond acceptors (Lipinski definition) is 5. The van der Waals surface area contributed by atoms with Crippen molar-refractivity contribution in [2.75, 3.05) is 13.6 Å². The molecule has 1 aromatic carbocycles. The van der Waals surface area contributed by atoms with Crippen LogP contribution in [0.3, 0.4) is 0 Å². The topological polar surface area (TPSA) is 95.6 Å². The first-order valence-electron chi connectivity index (χ1n) is 5.42. The molecule has 18 heavy (non-hydrogen) atoms. The number of hydrogen-bond donors (Lipinski definition) is 3. The van der Waals surface area contributed by atoms with Crippen molar-refractivity contribution < 1.29 is 19.5 Å². The fraction of sp³-hybridized carbons (Fsp3) is 0.455. The molecule has 2 unspecified atom stereocenters. The SMILES string of the molecule is CNCCC(O)C(O)c1cccc([N+](=O)[O-])c1F. The van der Waals surface area contributed by atoms with E-state index in [1.165, 1.54) is 12.1 Å². The van der Waals surface area contributed by atoms with Gasteiger partial charge in [-0.1, -0.05) is 12.1 Å². The molecule has 0 fully saturated rings. The molecule has 0 aromatic heterocycles. The molecule has 0 radical (unpaired) electrons. The largest absolute Gasteiger partial charge is 0.390 e. The van der Waals surface area contributed by atoms with Crippen LogP contribution in [-0.4, -0.2) is 34.8 Å². The van der Waals surface area contributed by atoms with Crippen molar-refractivity contribution in [1.29, 1.82) is 0 Å². The molecular formula is C11H15FN2O4. The third-order valence-electron chi connectivity index (χ3n) is 2.58. The minimum absolute atomic E-state index is 0.208. The number of halogens is 1. The molecule has 2 atom stereocenters. The van der Waals surface area contributed by atoms with Gasteiger partial charge >= 0.3 is 5.69 Å². The van der Waals surface area contributed by atoms with Gasteiger partial charge in [0.2, 0.25) is 5.82 Å². The van der Waals surface area contributed by atoms with E-state index in [0.29, 0.717) is 6.54 Å². The van der Waals surface area contributed by atoms with Gasteiger partial charge in [-0.2, -0.15) is 4.39 Å². The maximum Gasteiger partial charge on any atom is 0.305 e. The molecular weight excluding hydrogens is 243 g/mol. The molecule has 1 rings (SSSR count). The van der Waals surface area contributed by atoms with Gasteiger partial charge in [-0.3, -0.25) is 10.1 Å². The summed E-state index contributed by atoms with van der Waals surface area (Å²) in [4.78, 5) is 9.68. The number of nitrogens with one attached hydrogen (secondary N) is 1. The number of rotatable bonds is 6. The quantitative estimate of drug-likeness (QED) is 0.516. The van der Waals surface area contributed by atoms with Gasteiger partial charge < -0.3 is 15.5 Å². The third-order valence-corrected chi connectivity index (χ3v) is 2.58. The van der Waals surface area contributed by atoms with Crippen LogP contribution in [0.15, 0.2) is 18.2 Å². The van der Waals surface area contributed by atoms with Gasteiger partial charge in [0.1, 0.15) is 6.10 Å². The van der Waals surface area contributed by atoms with E-state index in [1.54, 1.807) is 7.05 Å². The summed E-state index contributed by atoms with van der Waals surface area (Å²) in [6, 6.07) is 3.49. The summed E-state index contributed by atoms with van der Waals surface area (Å²) in [6.45, 7) is 0.439. The van der Waals surface area contributed by atoms with Gasteiger partial charge in [-0.15, -0.1) is 0 Å². The van der Waals surface area contributed by atoms with Gasteiger partial charge in [-0.25, -0.2) is 0 Å². The number of nitrogens with zero attached hydrogens (tertiary/aromatic N) is 1. The highest BCUT2D eigenvalue weighted by Crippen LogP contribution is 2.27. The van der Waals surface area contributed by atoms with Crippen LogP contribution in [0.25, 0.3) is 0 Å². The van der Waals surface area contributed by atoms with E-state index in [0.717, 1.165) is 6.07 Å². The van der Waals surface area contributed by atoms with Gasteiger partial charge in [0.15, 0.2) is 0 Å². The summed E-state index contributed by atoms with van der Waals surface area (Å²) in [5, 5.41) is 32.7. The monoisotopic (exact) mass is 258 g/mol. The number of nitro benzene ring substituents is 1. The molecule has 0 saturated heterocycles. The zero-order chi connectivity index (χ0) is 13.7. The lowest BCUT2D eigenvalue weighted by molar-refractivity contribution is -0.387. The van der Waals surface area contributed by atoms with Gasteiger partial charge in [0.05, 0.1) is 11.0 Å². The van der Waals surface area contributed by atoms with Crippen molar-refractivity contribution in [2.45, 2.75) is 18.6 Å². The van der Waals surface area contributed by atoms with Crippen LogP contribution in [0.2, 0.25) is 0 Å². The Bertz CT molecular complexity index is 428. The van der Waals surface area contributed by atoms with E-state index in [4.69, 9.17) is 0 Å². The van der Waals surface area contributed by atoms with Crippen LogP contribution in [0.1, 0.15) is 18.1 Å². The lowest BCUT2D eigenvalue weighted by Gasteiger charge is -2.18. The third kappa shape index (κ3) is 3.22. The molecule has 0 spiro atoms. The summed E-state index contributed by atoms with van der Waals surface area (Å²) >= 11 is 0. The Hall–Kier alpha value is -1.57. The number of aliphatic hydroxyl groups excluding tert-OH is 2. The normalized spacial score (nSPS) is 14.2. The average molecular weight is 258 g/mol. The van der Waals surface area contributed by atoms with E-state index < -0.39 is 28.6 Å². The molecule has 0 bridgehead atoms. The van der Waals surface area contributed by atoms with Crippen LogP contribution in [0, 0.1) is 15.9 Å². The molecule has 100 valence electrons. The van der Waals surface area contributed by atoms with Crippen molar-refractivity contribution in [3.8, 4) is 0 Å². The second-order valence-electron chi connectivity index (χ2n) is 3.84. The maximum absolute atomic E-state index is 13.7. The first-order chi connectivity index (χ1) is 8.49. The smallest absolute Gasteiger partial charge is 0.305 e. The van der Waals surface area contributed by atoms with Crippen LogP contribution in [-0.2, 0) is 0 Å². The maximum atomic E-state index is 13.7. The summed E-state index contributed by atoms with van der Waals surface area (Å²) in [5.41, 5.74) is -0.986. The Labute approximate surface area is 103 Å². The van der Waals surface area contributed by atoms with E-state index in [9.17, 15) is 24.7 Å². The second kappa shape index (κ2) is 6.39. The average Bonchev–Trinajstić information content (AvgIpc) is 2.35. The standard InChI is InChI=1S/C11H15FN2O4/c1-13-6-5-9(15)11(16)7-3-2-4-8(10(7)12)14(17)18/h2-4,9,11,13,15-16H,5-6H2,1H3. The number of nitro groups is 1. The molecule has 3 N–H and O–H groups in total. The molecule has 7 heteroatoms. The highest BCUT2D eigenvalue weighted by atomic mass is 19.1. The minimum Gasteiger partial charge on any atom is -0.390 e. The highest BCUT2D eigenvalue weighted by Gasteiger charge is 2.26. The Morgan fingerprint density at radius 1 is 1.50 bits per heavy atom. The van der Waals surface area contributed by atoms with Crippen molar-refractivity contribution in [2.24, 2.45) is 0 Å². The van der Waals surface area contributed by atoms with Crippen molar-refractivity contribution in [3.05, 3.63) is 39.7 Å². The molecule has 0 saturated carbocycles. The van der Waals surface area contributed by atoms with Crippen molar-refractivity contribution in [1.82, 2.24) is 5.32 Å². The molecule has 1 aromatic rings. The van der Waals surface area contributed by atoms with Gasteiger partial charge in [-0.05, 0) is 20.0 Å². The summed E-state index contributed by atoms with van der Waals surface area (Å²) in [7, 11) is 1.67. The predicted molar refractivity (Wildman–Crippen MR) is 62.6 cm³/mol. The minimum atomic E-state index is -1.49. The molecule has 0 aliphatic rings. The first-order valence-corrected chi connectivity index (χ1v) is 5.42. The summed E-state index contributed by atoms with van der Waals surface area (Å²) in [6.07, 6.45) is -2.47. The summed E-state index contributed by atoms with van der Waals surface area (Å²) < 4.78 is 13.7. The Morgan fingerprint density at radius 2 is 2.17 bits per heavy atom. The predicted octanol–water partition coefficient (Wildman–Crippen LogP) is 0.738. The Kier molecular flexibility index (Phi) is 5.14. The number of benzene rings is 1. The fourth-order valence-electron chi connectivity index (χ4n) is 1.56. The van der Waals surface area contributed by atoms with E-state index in [-0.39, 0.29) is 12.0 Å². The first kappa shape index (κ1) is 14.5. The molecule has 0 amide bonds. The number of aliphatic hydroxyl groups is 2. The lowest BCUT2D eigenvalue weighted by Crippen LogP contribution is -2.24. The van der Waals surface area contributed by atoms with E-state index >= 15 is 0 Å². The molecule has 6 nitrogen and oxygen atoms in total.